The Morgan fingerprint density at radius 3 is 2.65 bits per heavy atom. The maximum atomic E-state index is 13.0. The quantitative estimate of drug-likeness (QED) is 0.483. The lowest BCUT2D eigenvalue weighted by Crippen LogP contribution is -2.14. The number of aromatic nitrogens is 3. The van der Waals surface area contributed by atoms with Crippen molar-refractivity contribution < 1.29 is 22.0 Å². The van der Waals surface area contributed by atoms with Gasteiger partial charge in [0.2, 0.25) is 6.39 Å². The van der Waals surface area contributed by atoms with Crippen molar-refractivity contribution in [2.24, 2.45) is 0 Å². The van der Waals surface area contributed by atoms with E-state index in [0.717, 1.165) is 18.3 Å². The number of nitrogens with zero attached hydrogens (tertiary/aromatic N) is 4. The summed E-state index contributed by atoms with van der Waals surface area (Å²) in [6.07, 6.45) is 2.06. The van der Waals surface area contributed by atoms with Crippen LogP contribution in [-0.2, 0) is 10.0 Å². The first-order valence-electron chi connectivity index (χ1n) is 8.68. The Morgan fingerprint density at radius 2 is 1.94 bits per heavy atom. The number of nitrogens with one attached hydrogen (secondary N) is 1. The molecule has 0 aliphatic carbocycles. The Morgan fingerprint density at radius 1 is 1.10 bits per heavy atom. The number of ether oxygens (including phenoxy) is 1. The number of hydrogen-bond donors (Lipinski definition) is 1. The molecule has 0 saturated carbocycles. The highest BCUT2D eigenvalue weighted by Gasteiger charge is 2.19. The predicted molar refractivity (Wildman–Crippen MR) is 106 cm³/mol. The average Bonchev–Trinajstić information content (AvgIpc) is 3.30. The molecular formula is C20H12FN5O4S. The molecule has 0 unspecified atom stereocenters. The molecule has 0 fully saturated rings. The third-order valence-corrected chi connectivity index (χ3v) is 5.40. The topological polar surface area (TPSA) is 131 Å². The Balaban J connectivity index is 1.64. The van der Waals surface area contributed by atoms with Crippen LogP contribution in [0, 0.1) is 17.1 Å². The zero-order valence-electron chi connectivity index (χ0n) is 15.6. The van der Waals surface area contributed by atoms with Gasteiger partial charge in [-0.1, -0.05) is 12.1 Å². The van der Waals surface area contributed by atoms with Crippen molar-refractivity contribution >= 4 is 15.8 Å². The van der Waals surface area contributed by atoms with Crippen molar-refractivity contribution in [3.8, 4) is 29.0 Å². The smallest absolute Gasteiger partial charge is 0.263 e. The molecule has 0 amide bonds. The first kappa shape index (κ1) is 20.0. The molecule has 0 atom stereocenters. The van der Waals surface area contributed by atoms with Crippen molar-refractivity contribution in [2.75, 3.05) is 4.72 Å². The molecule has 0 aliphatic rings. The second-order valence-electron chi connectivity index (χ2n) is 6.08. The van der Waals surface area contributed by atoms with Crippen molar-refractivity contribution in [3.63, 3.8) is 0 Å². The van der Waals surface area contributed by atoms with Gasteiger partial charge in [0.15, 0.2) is 0 Å². The van der Waals surface area contributed by atoms with Gasteiger partial charge >= 0.3 is 0 Å². The lowest BCUT2D eigenvalue weighted by molar-refractivity contribution is 0.478. The van der Waals surface area contributed by atoms with Crippen LogP contribution in [0.2, 0.25) is 0 Å². The number of rotatable bonds is 6. The summed E-state index contributed by atoms with van der Waals surface area (Å²) in [6, 6.07) is 14.8. The Bertz CT molecular complexity index is 1370. The minimum absolute atomic E-state index is 0.0183. The van der Waals surface area contributed by atoms with Crippen molar-refractivity contribution in [3.05, 3.63) is 78.6 Å². The molecule has 0 spiro atoms. The molecule has 2 aromatic heterocycles. The summed E-state index contributed by atoms with van der Waals surface area (Å²) >= 11 is 0. The van der Waals surface area contributed by atoms with Gasteiger partial charge in [0.1, 0.15) is 29.2 Å². The van der Waals surface area contributed by atoms with Crippen LogP contribution in [0.25, 0.3) is 11.5 Å². The lowest BCUT2D eigenvalue weighted by atomic mass is 10.2. The largest absolute Gasteiger partial charge is 0.455 e. The molecule has 2 heterocycles. The number of sulfonamides is 1. The van der Waals surface area contributed by atoms with Crippen LogP contribution >= 0.6 is 0 Å². The van der Waals surface area contributed by atoms with Gasteiger partial charge in [-0.05, 0) is 42.5 Å². The van der Waals surface area contributed by atoms with E-state index >= 15 is 0 Å². The van der Waals surface area contributed by atoms with E-state index in [-0.39, 0.29) is 27.9 Å². The van der Waals surface area contributed by atoms with Crippen molar-refractivity contribution in [1.29, 1.82) is 5.26 Å². The minimum Gasteiger partial charge on any atom is -0.455 e. The first-order valence-corrected chi connectivity index (χ1v) is 10.2. The minimum atomic E-state index is -4.07. The van der Waals surface area contributed by atoms with Crippen LogP contribution < -0.4 is 9.46 Å². The highest BCUT2D eigenvalue weighted by molar-refractivity contribution is 7.92. The summed E-state index contributed by atoms with van der Waals surface area (Å²) in [5.41, 5.74) is 0.486. The molecule has 154 valence electrons. The molecule has 4 aromatic rings. The van der Waals surface area contributed by atoms with Crippen LogP contribution in [0.4, 0.5) is 10.2 Å². The Hall–Kier alpha value is -4.30. The van der Waals surface area contributed by atoms with Crippen LogP contribution in [0.15, 0.2) is 76.5 Å². The van der Waals surface area contributed by atoms with Gasteiger partial charge in [-0.3, -0.25) is 4.72 Å². The fourth-order valence-electron chi connectivity index (χ4n) is 2.63. The van der Waals surface area contributed by atoms with E-state index in [9.17, 15) is 18.1 Å². The second-order valence-corrected chi connectivity index (χ2v) is 7.76. The third-order valence-electron chi connectivity index (χ3n) is 4.05. The molecule has 0 aliphatic heterocycles. The van der Waals surface area contributed by atoms with E-state index in [0.29, 0.717) is 11.3 Å². The number of para-hydroxylation sites is 1. The average molecular weight is 437 g/mol. The molecule has 1 N–H and O–H groups in total. The molecular weight excluding hydrogens is 425 g/mol. The van der Waals surface area contributed by atoms with Crippen LogP contribution in [0.1, 0.15) is 5.56 Å². The van der Waals surface area contributed by atoms with E-state index in [1.54, 1.807) is 24.3 Å². The monoisotopic (exact) mass is 437 g/mol. The molecule has 11 heteroatoms. The zero-order valence-corrected chi connectivity index (χ0v) is 16.4. The fourth-order valence-corrected chi connectivity index (χ4v) is 3.66. The number of pyridine rings is 1. The van der Waals surface area contributed by atoms with Gasteiger partial charge in [0, 0.05) is 0 Å². The number of halogens is 1. The summed E-state index contributed by atoms with van der Waals surface area (Å²) in [6.45, 7) is 0. The summed E-state index contributed by atoms with van der Waals surface area (Å²) in [5, 5.41) is 17.0. The maximum absolute atomic E-state index is 13.0. The molecule has 0 radical (unpaired) electrons. The number of hydrogen-bond acceptors (Lipinski definition) is 8. The first-order chi connectivity index (χ1) is 15.0. The number of benzene rings is 2. The molecule has 0 saturated heterocycles. The van der Waals surface area contributed by atoms with Gasteiger partial charge in [0.25, 0.3) is 15.9 Å². The standard InChI is InChI=1S/C20H12FN5O4S/c21-14-5-8-19(23-11-14)26-31(27,28)15-6-7-17(13(9-15)10-22)30-18-4-2-1-3-16(18)20-25-24-12-29-20/h1-9,11-12H,(H,23,26). The summed E-state index contributed by atoms with van der Waals surface area (Å²) in [4.78, 5) is 3.48. The summed E-state index contributed by atoms with van der Waals surface area (Å²) in [7, 11) is -4.07. The van der Waals surface area contributed by atoms with E-state index in [4.69, 9.17) is 9.15 Å². The SMILES string of the molecule is N#Cc1cc(S(=O)(=O)Nc2ccc(F)cn2)ccc1Oc1ccccc1-c1nnco1. The van der Waals surface area contributed by atoms with E-state index in [1.165, 1.54) is 24.6 Å². The highest BCUT2D eigenvalue weighted by atomic mass is 32.2. The lowest BCUT2D eigenvalue weighted by Gasteiger charge is -2.12. The molecule has 4 rings (SSSR count). The number of anilines is 1. The Labute approximate surface area is 175 Å². The second kappa shape index (κ2) is 8.21. The van der Waals surface area contributed by atoms with Crippen molar-refractivity contribution in [1.82, 2.24) is 15.2 Å². The Kier molecular flexibility index (Phi) is 5.30. The maximum Gasteiger partial charge on any atom is 0.263 e. The van der Waals surface area contributed by atoms with Gasteiger partial charge in [0.05, 0.1) is 22.2 Å². The van der Waals surface area contributed by atoms with Gasteiger partial charge in [-0.25, -0.2) is 17.8 Å². The number of nitriles is 1. The van der Waals surface area contributed by atoms with Gasteiger partial charge in [-0.15, -0.1) is 10.2 Å². The summed E-state index contributed by atoms with van der Waals surface area (Å²) in [5.74, 6) is 0.0378. The van der Waals surface area contributed by atoms with Crippen LogP contribution in [0.3, 0.4) is 0 Å². The normalized spacial score (nSPS) is 11.0. The van der Waals surface area contributed by atoms with E-state index in [1.807, 2.05) is 6.07 Å². The zero-order chi connectivity index (χ0) is 21.8. The molecule has 2 aromatic carbocycles. The molecule has 9 nitrogen and oxygen atoms in total. The predicted octanol–water partition coefficient (Wildman–Crippen LogP) is 3.74. The molecule has 0 bridgehead atoms. The van der Waals surface area contributed by atoms with Gasteiger partial charge in [-0.2, -0.15) is 5.26 Å². The highest BCUT2D eigenvalue weighted by Crippen LogP contribution is 2.34. The van der Waals surface area contributed by atoms with Crippen molar-refractivity contribution in [2.45, 2.75) is 4.90 Å². The third kappa shape index (κ3) is 4.34. The molecule has 31 heavy (non-hydrogen) atoms. The fraction of sp³-hybridized carbons (Fsp3) is 0. The van der Waals surface area contributed by atoms with Crippen LogP contribution in [0.5, 0.6) is 11.5 Å². The summed E-state index contributed by atoms with van der Waals surface area (Å²) < 4.78 is 51.5. The van der Waals surface area contributed by atoms with E-state index in [2.05, 4.69) is 19.9 Å². The van der Waals surface area contributed by atoms with Gasteiger partial charge < -0.3 is 9.15 Å². The van der Waals surface area contributed by atoms with E-state index < -0.39 is 15.8 Å². The van der Waals surface area contributed by atoms with Crippen LogP contribution in [-0.4, -0.2) is 23.6 Å².